The van der Waals surface area contributed by atoms with Gasteiger partial charge in [-0.2, -0.15) is 4.37 Å². The van der Waals surface area contributed by atoms with Crippen molar-refractivity contribution in [2.75, 3.05) is 7.11 Å². The maximum absolute atomic E-state index is 11.7. The molecule has 0 amide bonds. The second-order valence-corrected chi connectivity index (χ2v) is 4.45. The number of aryl methyl sites for hydroxylation is 2. The second-order valence-electron chi connectivity index (χ2n) is 3.70. The molecule has 0 fully saturated rings. The average molecular weight is 251 g/mol. The van der Waals surface area contributed by atoms with Gasteiger partial charge in [0.2, 0.25) is 0 Å². The van der Waals surface area contributed by atoms with E-state index in [-0.39, 0.29) is 5.97 Å². The Morgan fingerprint density at radius 3 is 2.76 bits per heavy atom. The third-order valence-electron chi connectivity index (χ3n) is 2.71. The Kier molecular flexibility index (Phi) is 3.08. The molecule has 17 heavy (non-hydrogen) atoms. The van der Waals surface area contributed by atoms with Gasteiger partial charge in [0.15, 0.2) is 0 Å². The Morgan fingerprint density at radius 1 is 1.47 bits per heavy atom. The molecule has 2 aromatic heterocycles. The second kappa shape index (κ2) is 4.38. The molecule has 0 aliphatic heterocycles. The predicted octanol–water partition coefficient (Wildman–Crippen LogP) is 1.55. The van der Waals surface area contributed by atoms with E-state index in [4.69, 9.17) is 10.5 Å². The quantitative estimate of drug-likeness (QED) is 0.819. The number of nitrogens with zero attached hydrogens (tertiary/aromatic N) is 2. The predicted molar refractivity (Wildman–Crippen MR) is 66.1 cm³/mol. The van der Waals surface area contributed by atoms with Crippen molar-refractivity contribution in [1.82, 2.24) is 9.36 Å². The number of methoxy groups -OCH3 is 1. The highest BCUT2D eigenvalue weighted by atomic mass is 32.1. The van der Waals surface area contributed by atoms with E-state index < -0.39 is 0 Å². The molecule has 2 rings (SSSR count). The van der Waals surface area contributed by atoms with E-state index in [1.165, 1.54) is 18.6 Å². The summed E-state index contributed by atoms with van der Waals surface area (Å²) in [5.41, 5.74) is 8.42. The maximum Gasteiger partial charge on any atom is 0.339 e. The molecule has 6 heteroatoms. The van der Waals surface area contributed by atoms with Gasteiger partial charge in [-0.15, -0.1) is 0 Å². The monoisotopic (exact) mass is 251 g/mol. The minimum Gasteiger partial charge on any atom is -0.465 e. The summed E-state index contributed by atoms with van der Waals surface area (Å²) in [5, 5.41) is 0.878. The molecule has 0 bridgehead atoms. The number of hydrogen-bond donors (Lipinski definition) is 1. The van der Waals surface area contributed by atoms with Crippen LogP contribution in [0.25, 0.3) is 10.2 Å². The van der Waals surface area contributed by atoms with Gasteiger partial charge in [0.1, 0.15) is 4.83 Å². The highest BCUT2D eigenvalue weighted by Gasteiger charge is 2.19. The Bertz CT molecular complexity index is 592. The van der Waals surface area contributed by atoms with Crippen LogP contribution in [0.4, 0.5) is 0 Å². The Balaban J connectivity index is 2.81. The smallest absolute Gasteiger partial charge is 0.339 e. The first-order valence-corrected chi connectivity index (χ1v) is 5.91. The van der Waals surface area contributed by atoms with Crippen LogP contribution in [0.3, 0.4) is 0 Å². The zero-order valence-corrected chi connectivity index (χ0v) is 10.7. The minimum absolute atomic E-state index is 0.339. The third-order valence-corrected chi connectivity index (χ3v) is 3.49. The molecule has 0 aliphatic rings. The summed E-state index contributed by atoms with van der Waals surface area (Å²) in [6, 6.07) is 0. The van der Waals surface area contributed by atoms with Gasteiger partial charge in [0.25, 0.3) is 0 Å². The lowest BCUT2D eigenvalue weighted by Crippen LogP contribution is -2.09. The largest absolute Gasteiger partial charge is 0.465 e. The van der Waals surface area contributed by atoms with Crippen LogP contribution in [0.15, 0.2) is 0 Å². The van der Waals surface area contributed by atoms with Gasteiger partial charge >= 0.3 is 5.97 Å². The SMILES string of the molecule is COC(=O)c1c(C)nc2snc(CN)c2c1C. The van der Waals surface area contributed by atoms with Gasteiger partial charge in [0.05, 0.1) is 24.1 Å². The van der Waals surface area contributed by atoms with Crippen molar-refractivity contribution in [3.8, 4) is 0 Å². The molecule has 0 radical (unpaired) electrons. The number of pyridine rings is 1. The topological polar surface area (TPSA) is 78.1 Å². The van der Waals surface area contributed by atoms with E-state index in [0.717, 1.165) is 21.5 Å². The van der Waals surface area contributed by atoms with E-state index in [9.17, 15) is 4.79 Å². The molecular weight excluding hydrogens is 238 g/mol. The Morgan fingerprint density at radius 2 is 2.18 bits per heavy atom. The normalized spacial score (nSPS) is 10.8. The van der Waals surface area contributed by atoms with Crippen LogP contribution in [-0.2, 0) is 11.3 Å². The zero-order valence-electron chi connectivity index (χ0n) is 9.90. The van der Waals surface area contributed by atoms with E-state index in [0.29, 0.717) is 17.8 Å². The van der Waals surface area contributed by atoms with Gasteiger partial charge in [-0.05, 0) is 30.9 Å². The first-order valence-electron chi connectivity index (χ1n) is 5.14. The summed E-state index contributed by atoms with van der Waals surface area (Å²) in [4.78, 5) is 16.9. The Labute approximate surface area is 103 Å². The van der Waals surface area contributed by atoms with Crippen LogP contribution in [0.5, 0.6) is 0 Å². The van der Waals surface area contributed by atoms with Crippen LogP contribution in [0.2, 0.25) is 0 Å². The molecule has 0 atom stereocenters. The van der Waals surface area contributed by atoms with Crippen molar-refractivity contribution >= 4 is 27.7 Å². The molecule has 0 unspecified atom stereocenters. The number of aromatic nitrogens is 2. The fourth-order valence-corrected chi connectivity index (χ4v) is 2.82. The molecule has 2 heterocycles. The van der Waals surface area contributed by atoms with Crippen molar-refractivity contribution in [3.05, 3.63) is 22.5 Å². The number of hydrogen-bond acceptors (Lipinski definition) is 6. The number of fused-ring (bicyclic) bond motifs is 1. The van der Waals surface area contributed by atoms with Crippen molar-refractivity contribution in [1.29, 1.82) is 0 Å². The molecule has 0 saturated heterocycles. The summed E-state index contributed by atoms with van der Waals surface area (Å²) in [6.45, 7) is 4.00. The number of carbonyl (C=O) groups excluding carboxylic acids is 1. The van der Waals surface area contributed by atoms with E-state index in [1.807, 2.05) is 6.92 Å². The van der Waals surface area contributed by atoms with Crippen LogP contribution in [0.1, 0.15) is 27.3 Å². The van der Waals surface area contributed by atoms with Crippen LogP contribution >= 0.6 is 11.5 Å². The fourth-order valence-electron chi connectivity index (χ4n) is 1.91. The van der Waals surface area contributed by atoms with Crippen LogP contribution < -0.4 is 5.73 Å². The lowest BCUT2D eigenvalue weighted by molar-refractivity contribution is 0.0599. The molecule has 0 saturated carbocycles. The first kappa shape index (κ1) is 11.9. The molecule has 90 valence electrons. The van der Waals surface area contributed by atoms with Gasteiger partial charge < -0.3 is 10.5 Å². The fraction of sp³-hybridized carbons (Fsp3) is 0.364. The number of nitrogens with two attached hydrogens (primary N) is 1. The van der Waals surface area contributed by atoms with Crippen molar-refractivity contribution in [2.45, 2.75) is 20.4 Å². The molecule has 0 spiro atoms. The van der Waals surface area contributed by atoms with Gasteiger partial charge in [-0.25, -0.2) is 9.78 Å². The number of carbonyl (C=O) groups is 1. The first-order chi connectivity index (χ1) is 8.10. The summed E-state index contributed by atoms with van der Waals surface area (Å²) in [7, 11) is 1.36. The van der Waals surface area contributed by atoms with Gasteiger partial charge in [-0.3, -0.25) is 0 Å². The number of rotatable bonds is 2. The number of ether oxygens (including phenoxy) is 1. The van der Waals surface area contributed by atoms with Crippen molar-refractivity contribution in [3.63, 3.8) is 0 Å². The lowest BCUT2D eigenvalue weighted by Gasteiger charge is -2.08. The van der Waals surface area contributed by atoms with Crippen molar-refractivity contribution < 1.29 is 9.53 Å². The maximum atomic E-state index is 11.7. The Hall–Kier alpha value is -1.53. The highest BCUT2D eigenvalue weighted by molar-refractivity contribution is 7.13. The summed E-state index contributed by atoms with van der Waals surface area (Å²) in [6.07, 6.45) is 0. The molecule has 5 nitrogen and oxygen atoms in total. The summed E-state index contributed by atoms with van der Waals surface area (Å²) >= 11 is 1.30. The van der Waals surface area contributed by atoms with Crippen LogP contribution in [-0.4, -0.2) is 22.4 Å². The van der Waals surface area contributed by atoms with Crippen molar-refractivity contribution in [2.24, 2.45) is 5.73 Å². The summed E-state index contributed by atoms with van der Waals surface area (Å²) in [5.74, 6) is -0.372. The molecule has 2 aromatic rings. The van der Waals surface area contributed by atoms with E-state index in [1.54, 1.807) is 6.92 Å². The average Bonchev–Trinajstić information content (AvgIpc) is 2.71. The number of esters is 1. The van der Waals surface area contributed by atoms with E-state index >= 15 is 0 Å². The highest BCUT2D eigenvalue weighted by Crippen LogP contribution is 2.28. The standard InChI is InChI=1S/C11H13N3O2S/c1-5-8(11(15)16-3)6(2)13-10-9(5)7(4-12)14-17-10/h4,12H2,1-3H3. The van der Waals surface area contributed by atoms with Gasteiger partial charge in [0, 0.05) is 11.9 Å². The van der Waals surface area contributed by atoms with E-state index in [2.05, 4.69) is 9.36 Å². The van der Waals surface area contributed by atoms with Gasteiger partial charge in [-0.1, -0.05) is 0 Å². The lowest BCUT2D eigenvalue weighted by atomic mass is 10.0. The third kappa shape index (κ3) is 1.79. The summed E-state index contributed by atoms with van der Waals surface area (Å²) < 4.78 is 9.01. The zero-order chi connectivity index (χ0) is 12.6. The minimum atomic E-state index is -0.372. The van der Waals surface area contributed by atoms with Crippen LogP contribution in [0, 0.1) is 13.8 Å². The molecule has 0 aromatic carbocycles. The molecule has 2 N–H and O–H groups in total. The molecule has 0 aliphatic carbocycles. The molecular formula is C11H13N3O2S.